The average molecular weight is 297 g/mol. The summed E-state index contributed by atoms with van der Waals surface area (Å²) >= 11 is 6.21. The number of halogens is 1. The summed E-state index contributed by atoms with van der Waals surface area (Å²) in [4.78, 5) is 4.06. The molecule has 1 aromatic rings. The van der Waals surface area contributed by atoms with E-state index in [4.69, 9.17) is 11.6 Å². The van der Waals surface area contributed by atoms with Crippen molar-refractivity contribution in [1.29, 1.82) is 0 Å². The molecule has 1 N–H and O–H groups in total. The van der Waals surface area contributed by atoms with Crippen LogP contribution in [0.3, 0.4) is 0 Å². The van der Waals surface area contributed by atoms with Crippen LogP contribution in [-0.2, 0) is 6.42 Å². The molecule has 0 aliphatic rings. The lowest BCUT2D eigenvalue weighted by Crippen LogP contribution is -2.31. The van der Waals surface area contributed by atoms with Gasteiger partial charge in [-0.1, -0.05) is 57.6 Å². The summed E-state index contributed by atoms with van der Waals surface area (Å²) in [5.74, 6) is 0. The molecule has 1 aromatic heterocycles. The maximum absolute atomic E-state index is 6.21. The van der Waals surface area contributed by atoms with Gasteiger partial charge in [-0.3, -0.25) is 4.98 Å². The van der Waals surface area contributed by atoms with Crippen LogP contribution in [-0.4, -0.2) is 17.6 Å². The number of aromatic nitrogens is 1. The van der Waals surface area contributed by atoms with Gasteiger partial charge in [0.15, 0.2) is 0 Å². The molecule has 1 rings (SSSR count). The Bertz CT molecular complexity index is 355. The summed E-state index contributed by atoms with van der Waals surface area (Å²) in [7, 11) is 0. The summed E-state index contributed by atoms with van der Waals surface area (Å²) in [6.45, 7) is 5.56. The number of unbranched alkanes of at least 4 members (excludes halogenated alkanes) is 4. The quantitative estimate of drug-likeness (QED) is 0.581. The van der Waals surface area contributed by atoms with Gasteiger partial charge in [0.05, 0.1) is 5.02 Å². The predicted octanol–water partition coefficient (Wildman–Crippen LogP) is 5.01. The van der Waals surface area contributed by atoms with Gasteiger partial charge < -0.3 is 5.32 Å². The van der Waals surface area contributed by atoms with E-state index in [9.17, 15) is 0 Å². The van der Waals surface area contributed by atoms with Crippen LogP contribution in [0.25, 0.3) is 0 Å². The van der Waals surface area contributed by atoms with Crippen LogP contribution in [0.4, 0.5) is 0 Å². The first-order valence-electron chi connectivity index (χ1n) is 8.09. The summed E-state index contributed by atoms with van der Waals surface area (Å²) in [5.41, 5.74) is 1.21. The van der Waals surface area contributed by atoms with Gasteiger partial charge in [0.2, 0.25) is 0 Å². The second-order valence-electron chi connectivity index (χ2n) is 5.53. The first-order chi connectivity index (χ1) is 9.77. The molecule has 0 radical (unpaired) electrons. The molecule has 0 bridgehead atoms. The standard InChI is InChI=1S/C17H29ClN2/c1-3-5-6-7-8-9-16(20-11-4-2)13-15-10-12-19-14-17(15)18/h10,12,14,16,20H,3-9,11,13H2,1-2H3. The van der Waals surface area contributed by atoms with Crippen LogP contribution >= 0.6 is 11.6 Å². The molecule has 20 heavy (non-hydrogen) atoms. The van der Waals surface area contributed by atoms with E-state index in [0.29, 0.717) is 6.04 Å². The summed E-state index contributed by atoms with van der Waals surface area (Å²) in [6, 6.07) is 2.58. The lowest BCUT2D eigenvalue weighted by molar-refractivity contribution is 0.451. The molecule has 0 fully saturated rings. The van der Waals surface area contributed by atoms with Crippen molar-refractivity contribution in [3.63, 3.8) is 0 Å². The van der Waals surface area contributed by atoms with Gasteiger partial charge in [-0.05, 0) is 37.4 Å². The van der Waals surface area contributed by atoms with Gasteiger partial charge in [-0.15, -0.1) is 0 Å². The monoisotopic (exact) mass is 296 g/mol. The molecular weight excluding hydrogens is 268 g/mol. The van der Waals surface area contributed by atoms with Crippen LogP contribution in [0, 0.1) is 0 Å². The second kappa shape index (κ2) is 11.1. The van der Waals surface area contributed by atoms with Crippen LogP contribution in [0.2, 0.25) is 5.02 Å². The highest BCUT2D eigenvalue weighted by Gasteiger charge is 2.10. The van der Waals surface area contributed by atoms with E-state index in [2.05, 4.69) is 24.1 Å². The fourth-order valence-corrected chi connectivity index (χ4v) is 2.65. The Hall–Kier alpha value is -0.600. The molecule has 3 heteroatoms. The summed E-state index contributed by atoms with van der Waals surface area (Å²) in [6.07, 6.45) is 13.7. The largest absolute Gasteiger partial charge is 0.314 e. The Morgan fingerprint density at radius 2 is 1.95 bits per heavy atom. The number of nitrogens with one attached hydrogen (secondary N) is 1. The maximum Gasteiger partial charge on any atom is 0.0621 e. The van der Waals surface area contributed by atoms with Crippen molar-refractivity contribution in [2.24, 2.45) is 0 Å². The third kappa shape index (κ3) is 7.25. The van der Waals surface area contributed by atoms with Gasteiger partial charge in [0.25, 0.3) is 0 Å². The molecule has 1 unspecified atom stereocenters. The van der Waals surface area contributed by atoms with E-state index in [1.54, 1.807) is 6.20 Å². The van der Waals surface area contributed by atoms with E-state index < -0.39 is 0 Å². The molecule has 0 aromatic carbocycles. The molecule has 0 saturated carbocycles. The highest BCUT2D eigenvalue weighted by Crippen LogP contribution is 2.18. The normalized spacial score (nSPS) is 12.6. The van der Waals surface area contributed by atoms with Crippen LogP contribution in [0.5, 0.6) is 0 Å². The predicted molar refractivity (Wildman–Crippen MR) is 88.4 cm³/mol. The van der Waals surface area contributed by atoms with Crippen LogP contribution < -0.4 is 5.32 Å². The molecule has 1 atom stereocenters. The SMILES string of the molecule is CCCCCCCC(Cc1ccncc1Cl)NCCC. The maximum atomic E-state index is 6.21. The van der Waals surface area contributed by atoms with Gasteiger partial charge in [0, 0.05) is 18.4 Å². The lowest BCUT2D eigenvalue weighted by Gasteiger charge is -2.19. The van der Waals surface area contributed by atoms with Crippen molar-refractivity contribution >= 4 is 11.6 Å². The van der Waals surface area contributed by atoms with Crippen molar-refractivity contribution in [2.45, 2.75) is 71.3 Å². The molecule has 0 amide bonds. The highest BCUT2D eigenvalue weighted by molar-refractivity contribution is 6.31. The fourth-order valence-electron chi connectivity index (χ4n) is 2.45. The van der Waals surface area contributed by atoms with Crippen molar-refractivity contribution in [3.8, 4) is 0 Å². The minimum absolute atomic E-state index is 0.538. The third-order valence-electron chi connectivity index (χ3n) is 3.66. The molecule has 114 valence electrons. The number of pyridine rings is 1. The topological polar surface area (TPSA) is 24.9 Å². The van der Waals surface area contributed by atoms with Crippen molar-refractivity contribution in [3.05, 3.63) is 29.0 Å². The first-order valence-corrected chi connectivity index (χ1v) is 8.47. The van der Waals surface area contributed by atoms with Gasteiger partial charge in [-0.2, -0.15) is 0 Å². The lowest BCUT2D eigenvalue weighted by atomic mass is 10.00. The third-order valence-corrected chi connectivity index (χ3v) is 4.00. The van der Waals surface area contributed by atoms with E-state index in [1.165, 1.54) is 50.5 Å². The average Bonchev–Trinajstić information content (AvgIpc) is 2.46. The fraction of sp³-hybridized carbons (Fsp3) is 0.706. The Morgan fingerprint density at radius 3 is 2.65 bits per heavy atom. The van der Waals surface area contributed by atoms with Crippen LogP contribution in [0.1, 0.15) is 64.4 Å². The molecule has 0 saturated heterocycles. The van der Waals surface area contributed by atoms with E-state index in [1.807, 2.05) is 12.3 Å². The summed E-state index contributed by atoms with van der Waals surface area (Å²) < 4.78 is 0. The molecule has 1 heterocycles. The van der Waals surface area contributed by atoms with Crippen LogP contribution in [0.15, 0.2) is 18.5 Å². The van der Waals surface area contributed by atoms with Crippen molar-refractivity contribution in [1.82, 2.24) is 10.3 Å². The molecular formula is C17H29ClN2. The van der Waals surface area contributed by atoms with Crippen molar-refractivity contribution < 1.29 is 0 Å². The number of rotatable bonds is 11. The zero-order chi connectivity index (χ0) is 14.6. The minimum atomic E-state index is 0.538. The Labute approximate surface area is 129 Å². The second-order valence-corrected chi connectivity index (χ2v) is 5.93. The number of hydrogen-bond acceptors (Lipinski definition) is 2. The smallest absolute Gasteiger partial charge is 0.0621 e. The van der Waals surface area contributed by atoms with Crippen molar-refractivity contribution in [2.75, 3.05) is 6.54 Å². The molecule has 0 aliphatic heterocycles. The van der Waals surface area contributed by atoms with E-state index in [-0.39, 0.29) is 0 Å². The Morgan fingerprint density at radius 1 is 1.15 bits per heavy atom. The molecule has 0 spiro atoms. The minimum Gasteiger partial charge on any atom is -0.314 e. The Kier molecular flexibility index (Phi) is 9.69. The highest BCUT2D eigenvalue weighted by atomic mass is 35.5. The molecule has 2 nitrogen and oxygen atoms in total. The summed E-state index contributed by atoms with van der Waals surface area (Å²) in [5, 5.41) is 4.45. The van der Waals surface area contributed by atoms with Gasteiger partial charge >= 0.3 is 0 Å². The zero-order valence-corrected chi connectivity index (χ0v) is 13.8. The van der Waals surface area contributed by atoms with E-state index in [0.717, 1.165) is 18.0 Å². The zero-order valence-electron chi connectivity index (χ0n) is 13.0. The van der Waals surface area contributed by atoms with E-state index >= 15 is 0 Å². The number of nitrogens with zero attached hydrogens (tertiary/aromatic N) is 1. The Balaban J connectivity index is 2.41. The molecule has 0 aliphatic carbocycles. The number of hydrogen-bond donors (Lipinski definition) is 1. The van der Waals surface area contributed by atoms with Gasteiger partial charge in [-0.25, -0.2) is 0 Å². The first kappa shape index (κ1) is 17.5. The van der Waals surface area contributed by atoms with Gasteiger partial charge in [0.1, 0.15) is 0 Å².